The zero-order valence-electron chi connectivity index (χ0n) is 15.8. The van der Waals surface area contributed by atoms with E-state index in [0.29, 0.717) is 0 Å². The summed E-state index contributed by atoms with van der Waals surface area (Å²) in [6, 6.07) is 13.1. The lowest BCUT2D eigenvalue weighted by molar-refractivity contribution is 0.158. The molecule has 0 unspecified atom stereocenters. The average Bonchev–Trinajstić information content (AvgIpc) is 3.26. The molecule has 0 N–H and O–H groups in total. The lowest BCUT2D eigenvalue weighted by Gasteiger charge is -2.40. The van der Waals surface area contributed by atoms with Crippen LogP contribution >= 0.6 is 0 Å². The first-order valence-electron chi connectivity index (χ1n) is 9.70. The van der Waals surface area contributed by atoms with E-state index >= 15 is 0 Å². The Bertz CT molecular complexity index is 925. The fraction of sp³-hybridized carbons (Fsp3) is 0.364. The first-order chi connectivity index (χ1) is 13.3. The van der Waals surface area contributed by atoms with Crippen molar-refractivity contribution in [1.82, 2.24) is 19.4 Å². The lowest BCUT2D eigenvalue weighted by Crippen LogP contribution is -2.44. The molecular weight excluding hydrogens is 334 g/mol. The van der Waals surface area contributed by atoms with Crippen molar-refractivity contribution >= 4 is 11.4 Å². The maximum absolute atomic E-state index is 4.34. The van der Waals surface area contributed by atoms with Gasteiger partial charge in [0.2, 0.25) is 0 Å². The number of hydrogen-bond acceptors (Lipinski definition) is 4. The number of pyridine rings is 1. The number of hydrogen-bond donors (Lipinski definition) is 0. The summed E-state index contributed by atoms with van der Waals surface area (Å²) in [6.45, 7) is 4.29. The molecule has 1 saturated heterocycles. The van der Waals surface area contributed by atoms with Crippen molar-refractivity contribution in [3.8, 4) is 0 Å². The van der Waals surface area contributed by atoms with Crippen LogP contribution in [0.15, 0.2) is 61.3 Å². The van der Waals surface area contributed by atoms with Crippen LogP contribution in [0, 0.1) is 0 Å². The maximum Gasteiger partial charge on any atom is 0.0945 e. The summed E-state index contributed by atoms with van der Waals surface area (Å²) in [6.07, 6.45) is 10.1. The number of rotatable bonds is 3. The number of nitrogens with zero attached hydrogens (tertiary/aromatic N) is 5. The minimum Gasteiger partial charge on any atom is -0.339 e. The van der Waals surface area contributed by atoms with Gasteiger partial charge in [0.05, 0.1) is 23.9 Å². The number of aryl methyl sites for hydroxylation is 1. The zero-order chi connectivity index (χ0) is 18.3. The molecule has 1 spiro atoms. The second-order valence-corrected chi connectivity index (χ2v) is 7.87. The minimum absolute atomic E-state index is 0.245. The van der Waals surface area contributed by atoms with E-state index in [1.807, 2.05) is 31.0 Å². The Morgan fingerprint density at radius 3 is 2.59 bits per heavy atom. The van der Waals surface area contributed by atoms with Crippen LogP contribution in [0.1, 0.15) is 24.1 Å². The SMILES string of the molecule is Cn1cncc1CN1CCC2(CC1)CN(c1cccnc1)c1ccccc12. The van der Waals surface area contributed by atoms with E-state index in [0.717, 1.165) is 26.2 Å². The van der Waals surface area contributed by atoms with E-state index in [-0.39, 0.29) is 5.41 Å². The Labute approximate surface area is 160 Å². The quantitative estimate of drug-likeness (QED) is 0.717. The van der Waals surface area contributed by atoms with Gasteiger partial charge in [0, 0.05) is 43.6 Å². The predicted molar refractivity (Wildman–Crippen MR) is 107 cm³/mol. The van der Waals surface area contributed by atoms with Crippen LogP contribution in [0.25, 0.3) is 0 Å². The van der Waals surface area contributed by atoms with Gasteiger partial charge in [0.1, 0.15) is 0 Å². The van der Waals surface area contributed by atoms with Crippen molar-refractivity contribution < 1.29 is 0 Å². The van der Waals surface area contributed by atoms with Gasteiger partial charge in [0.25, 0.3) is 0 Å². The first-order valence-corrected chi connectivity index (χ1v) is 9.70. The molecule has 2 aliphatic rings. The Morgan fingerprint density at radius 1 is 1.00 bits per heavy atom. The molecule has 0 amide bonds. The number of fused-ring (bicyclic) bond motifs is 2. The van der Waals surface area contributed by atoms with E-state index in [4.69, 9.17) is 0 Å². The van der Waals surface area contributed by atoms with Gasteiger partial charge < -0.3 is 9.47 Å². The summed E-state index contributed by atoms with van der Waals surface area (Å²) in [4.78, 5) is 13.6. The lowest BCUT2D eigenvalue weighted by atomic mass is 9.74. The molecule has 5 heteroatoms. The summed E-state index contributed by atoms with van der Waals surface area (Å²) in [7, 11) is 2.08. The molecule has 5 nitrogen and oxygen atoms in total. The number of para-hydroxylation sites is 1. The molecule has 4 heterocycles. The minimum atomic E-state index is 0.245. The van der Waals surface area contributed by atoms with Crippen molar-refractivity contribution in [3.05, 3.63) is 72.6 Å². The third-order valence-electron chi connectivity index (χ3n) is 6.30. The second kappa shape index (κ2) is 6.50. The third-order valence-corrected chi connectivity index (χ3v) is 6.30. The van der Waals surface area contributed by atoms with Crippen molar-refractivity contribution in [2.45, 2.75) is 24.8 Å². The fourth-order valence-electron chi connectivity index (χ4n) is 4.71. The van der Waals surface area contributed by atoms with Crippen LogP contribution in [0.2, 0.25) is 0 Å². The third kappa shape index (κ3) is 2.82. The van der Waals surface area contributed by atoms with Crippen LogP contribution in [-0.4, -0.2) is 39.1 Å². The summed E-state index contributed by atoms with van der Waals surface area (Å²) >= 11 is 0. The molecule has 0 bridgehead atoms. The van der Waals surface area contributed by atoms with Gasteiger partial charge in [0.15, 0.2) is 0 Å². The van der Waals surface area contributed by atoms with Gasteiger partial charge in [-0.05, 0) is 49.7 Å². The molecule has 3 aromatic rings. The first kappa shape index (κ1) is 16.5. The zero-order valence-corrected chi connectivity index (χ0v) is 15.8. The summed E-state index contributed by atoms with van der Waals surface area (Å²) < 4.78 is 2.12. The van der Waals surface area contributed by atoms with Gasteiger partial charge in [-0.3, -0.25) is 9.88 Å². The molecular formula is C22H25N5. The summed E-state index contributed by atoms with van der Waals surface area (Å²) in [5.41, 5.74) is 5.59. The molecule has 1 aromatic carbocycles. The van der Waals surface area contributed by atoms with Crippen molar-refractivity contribution in [1.29, 1.82) is 0 Å². The molecule has 0 aliphatic carbocycles. The van der Waals surface area contributed by atoms with Gasteiger partial charge in [-0.15, -0.1) is 0 Å². The summed E-state index contributed by atoms with van der Waals surface area (Å²) in [5, 5.41) is 0. The van der Waals surface area contributed by atoms with Crippen LogP contribution in [0.3, 0.4) is 0 Å². The molecule has 2 aromatic heterocycles. The van der Waals surface area contributed by atoms with E-state index < -0.39 is 0 Å². The van der Waals surface area contributed by atoms with Crippen LogP contribution in [0.4, 0.5) is 11.4 Å². The summed E-state index contributed by atoms with van der Waals surface area (Å²) in [5.74, 6) is 0. The number of likely N-dealkylation sites (tertiary alicyclic amines) is 1. The second-order valence-electron chi connectivity index (χ2n) is 7.87. The standard InChI is InChI=1S/C22H25N5/c1-25-17-24-14-19(25)15-26-11-8-22(9-12-26)16-27(18-5-4-10-23-13-18)21-7-3-2-6-20(21)22/h2-7,10,13-14,17H,8-9,11-12,15-16H2,1H3. The molecule has 2 aliphatic heterocycles. The van der Waals surface area contributed by atoms with Crippen molar-refractivity contribution in [3.63, 3.8) is 0 Å². The van der Waals surface area contributed by atoms with Gasteiger partial charge in [-0.25, -0.2) is 4.98 Å². The smallest absolute Gasteiger partial charge is 0.0945 e. The number of anilines is 2. The van der Waals surface area contributed by atoms with Crippen molar-refractivity contribution in [2.75, 3.05) is 24.5 Å². The highest BCUT2D eigenvalue weighted by atomic mass is 15.2. The Balaban J connectivity index is 1.39. The number of piperidine rings is 1. The fourth-order valence-corrected chi connectivity index (χ4v) is 4.71. The predicted octanol–water partition coefficient (Wildman–Crippen LogP) is 3.50. The van der Waals surface area contributed by atoms with E-state index in [9.17, 15) is 0 Å². The highest BCUT2D eigenvalue weighted by molar-refractivity contribution is 5.72. The monoisotopic (exact) mass is 359 g/mol. The number of benzene rings is 1. The van der Waals surface area contributed by atoms with Crippen LogP contribution in [-0.2, 0) is 19.0 Å². The van der Waals surface area contributed by atoms with Crippen molar-refractivity contribution in [2.24, 2.45) is 7.05 Å². The van der Waals surface area contributed by atoms with Crippen LogP contribution in [0.5, 0.6) is 0 Å². The van der Waals surface area contributed by atoms with E-state index in [1.165, 1.54) is 35.5 Å². The maximum atomic E-state index is 4.34. The highest BCUT2D eigenvalue weighted by Crippen LogP contribution is 2.49. The van der Waals surface area contributed by atoms with E-state index in [2.05, 4.69) is 61.7 Å². The van der Waals surface area contributed by atoms with E-state index in [1.54, 1.807) is 0 Å². The Morgan fingerprint density at radius 2 is 1.85 bits per heavy atom. The number of aromatic nitrogens is 3. The molecule has 1 fully saturated rings. The van der Waals surface area contributed by atoms with Gasteiger partial charge in [-0.2, -0.15) is 0 Å². The average molecular weight is 359 g/mol. The molecule has 27 heavy (non-hydrogen) atoms. The normalized spacial score (nSPS) is 18.8. The number of imidazole rings is 1. The molecule has 0 radical (unpaired) electrons. The van der Waals surface area contributed by atoms with Gasteiger partial charge >= 0.3 is 0 Å². The van der Waals surface area contributed by atoms with Gasteiger partial charge in [-0.1, -0.05) is 18.2 Å². The highest BCUT2D eigenvalue weighted by Gasteiger charge is 2.44. The largest absolute Gasteiger partial charge is 0.339 e. The topological polar surface area (TPSA) is 37.2 Å². The van der Waals surface area contributed by atoms with Crippen LogP contribution < -0.4 is 4.90 Å². The molecule has 0 saturated carbocycles. The molecule has 5 rings (SSSR count). The Hall–Kier alpha value is -2.66. The molecule has 0 atom stereocenters. The Kier molecular flexibility index (Phi) is 3.97. The molecule has 138 valence electrons.